The predicted octanol–water partition coefficient (Wildman–Crippen LogP) is -0.113. The monoisotopic (exact) mass is 182 g/mol. The molecule has 4 heteroatoms. The molecular weight excluding hydrogens is 168 g/mol. The van der Waals surface area contributed by atoms with Crippen molar-refractivity contribution in [3.05, 3.63) is 0 Å². The fourth-order valence-electron chi connectivity index (χ4n) is 2.03. The van der Waals surface area contributed by atoms with Gasteiger partial charge >= 0.3 is 0 Å². The lowest BCUT2D eigenvalue weighted by molar-refractivity contribution is -0.140. The van der Waals surface area contributed by atoms with Crippen LogP contribution >= 0.6 is 0 Å². The quantitative estimate of drug-likeness (QED) is 0.615. The minimum Gasteiger partial charge on any atom is -0.354 e. The van der Waals surface area contributed by atoms with Gasteiger partial charge in [0.05, 0.1) is 0 Å². The minimum atomic E-state index is -0.173. The summed E-state index contributed by atoms with van der Waals surface area (Å²) in [6, 6.07) is -0.173. The summed E-state index contributed by atoms with van der Waals surface area (Å²) in [5, 5.41) is 2.75. The van der Waals surface area contributed by atoms with Crippen molar-refractivity contribution in [2.45, 2.75) is 31.7 Å². The molecule has 0 spiro atoms. The van der Waals surface area contributed by atoms with Crippen LogP contribution in [0.4, 0.5) is 0 Å². The predicted molar refractivity (Wildman–Crippen MR) is 47.0 cm³/mol. The van der Waals surface area contributed by atoms with Crippen molar-refractivity contribution < 1.29 is 9.59 Å². The largest absolute Gasteiger partial charge is 0.354 e. The highest BCUT2D eigenvalue weighted by atomic mass is 16.2. The maximum absolute atomic E-state index is 11.5. The molecule has 0 aliphatic carbocycles. The number of carbonyl (C=O) groups excluding carboxylic acids is 2. The molecule has 0 aromatic heterocycles. The zero-order chi connectivity index (χ0) is 9.26. The van der Waals surface area contributed by atoms with Crippen molar-refractivity contribution in [3.63, 3.8) is 0 Å². The number of piperidine rings is 1. The van der Waals surface area contributed by atoms with Crippen molar-refractivity contribution in [2.75, 3.05) is 13.1 Å². The third-order valence-electron chi connectivity index (χ3n) is 2.76. The van der Waals surface area contributed by atoms with E-state index in [9.17, 15) is 9.59 Å². The molecule has 72 valence electrons. The first-order valence-electron chi connectivity index (χ1n) is 4.86. The van der Waals surface area contributed by atoms with E-state index >= 15 is 0 Å². The first kappa shape index (κ1) is 8.53. The first-order valence-corrected chi connectivity index (χ1v) is 4.86. The van der Waals surface area contributed by atoms with Crippen molar-refractivity contribution >= 4 is 11.8 Å². The van der Waals surface area contributed by atoms with Gasteiger partial charge in [0.1, 0.15) is 6.04 Å². The van der Waals surface area contributed by atoms with Gasteiger partial charge in [-0.2, -0.15) is 0 Å². The number of rotatable bonds is 1. The van der Waals surface area contributed by atoms with Crippen LogP contribution in [0.15, 0.2) is 0 Å². The zero-order valence-electron chi connectivity index (χ0n) is 7.58. The van der Waals surface area contributed by atoms with Crippen molar-refractivity contribution in [2.24, 2.45) is 0 Å². The first-order chi connectivity index (χ1) is 6.29. The second-order valence-electron chi connectivity index (χ2n) is 3.64. The number of nitrogens with one attached hydrogen (secondary N) is 1. The van der Waals surface area contributed by atoms with E-state index in [1.807, 2.05) is 0 Å². The fourth-order valence-corrected chi connectivity index (χ4v) is 2.03. The van der Waals surface area contributed by atoms with Gasteiger partial charge in [-0.05, 0) is 19.3 Å². The van der Waals surface area contributed by atoms with E-state index in [1.54, 1.807) is 4.90 Å². The van der Waals surface area contributed by atoms with Crippen LogP contribution < -0.4 is 5.32 Å². The summed E-state index contributed by atoms with van der Waals surface area (Å²) >= 11 is 0. The molecular formula is C9H14N2O2. The Labute approximate surface area is 77.3 Å². The van der Waals surface area contributed by atoms with Crippen LogP contribution in [0.1, 0.15) is 25.7 Å². The molecule has 1 unspecified atom stereocenters. The van der Waals surface area contributed by atoms with Crippen LogP contribution in [0, 0.1) is 0 Å². The van der Waals surface area contributed by atoms with Crippen LogP contribution in [0.3, 0.4) is 0 Å². The van der Waals surface area contributed by atoms with Gasteiger partial charge in [0, 0.05) is 19.5 Å². The van der Waals surface area contributed by atoms with E-state index < -0.39 is 0 Å². The minimum absolute atomic E-state index is 0.0234. The van der Waals surface area contributed by atoms with Crippen molar-refractivity contribution in [1.29, 1.82) is 0 Å². The Kier molecular flexibility index (Phi) is 2.20. The average Bonchev–Trinajstić information content (AvgIpc) is 2.52. The summed E-state index contributed by atoms with van der Waals surface area (Å²) in [7, 11) is 0. The standard InChI is InChI=1S/C9H14N2O2/c12-8-3-1-2-6-11(8)7-4-5-10-9(7)13/h7H,1-6H2,(H,10,13). The lowest BCUT2D eigenvalue weighted by atomic mass is 10.1. The van der Waals surface area contributed by atoms with E-state index in [2.05, 4.69) is 5.32 Å². The Morgan fingerprint density at radius 2 is 2.15 bits per heavy atom. The van der Waals surface area contributed by atoms with Gasteiger partial charge in [-0.25, -0.2) is 0 Å². The molecule has 4 nitrogen and oxygen atoms in total. The Morgan fingerprint density at radius 3 is 2.77 bits per heavy atom. The SMILES string of the molecule is O=C1NCCC1N1CCCCC1=O. The van der Waals surface area contributed by atoms with Crippen LogP contribution in [-0.4, -0.2) is 35.8 Å². The molecule has 2 rings (SSSR count). The second-order valence-corrected chi connectivity index (χ2v) is 3.64. The highest BCUT2D eigenvalue weighted by molar-refractivity contribution is 5.89. The third kappa shape index (κ3) is 1.53. The molecule has 0 saturated carbocycles. The summed E-state index contributed by atoms with van der Waals surface area (Å²) in [4.78, 5) is 24.5. The number of hydrogen-bond donors (Lipinski definition) is 1. The van der Waals surface area contributed by atoms with Gasteiger partial charge in [0.2, 0.25) is 11.8 Å². The van der Waals surface area contributed by atoms with E-state index in [0.717, 1.165) is 25.8 Å². The Morgan fingerprint density at radius 1 is 1.31 bits per heavy atom. The summed E-state index contributed by atoms with van der Waals surface area (Å²) in [5.74, 6) is 0.170. The van der Waals surface area contributed by atoms with Gasteiger partial charge in [-0.1, -0.05) is 0 Å². The van der Waals surface area contributed by atoms with Crippen LogP contribution in [0.2, 0.25) is 0 Å². The smallest absolute Gasteiger partial charge is 0.242 e. The average molecular weight is 182 g/mol. The van der Waals surface area contributed by atoms with E-state index in [4.69, 9.17) is 0 Å². The molecule has 2 heterocycles. The molecule has 2 saturated heterocycles. The topological polar surface area (TPSA) is 49.4 Å². The summed E-state index contributed by atoms with van der Waals surface area (Å²) < 4.78 is 0. The number of nitrogens with zero attached hydrogens (tertiary/aromatic N) is 1. The molecule has 1 atom stereocenters. The summed E-state index contributed by atoms with van der Waals surface area (Å²) in [6.45, 7) is 1.48. The number of amides is 2. The van der Waals surface area contributed by atoms with Crippen LogP contribution in [0.25, 0.3) is 0 Å². The van der Waals surface area contributed by atoms with Crippen molar-refractivity contribution in [3.8, 4) is 0 Å². The lowest BCUT2D eigenvalue weighted by Gasteiger charge is -2.30. The molecule has 2 aliphatic heterocycles. The van der Waals surface area contributed by atoms with Gasteiger partial charge in [0.15, 0.2) is 0 Å². The highest BCUT2D eigenvalue weighted by Crippen LogP contribution is 2.17. The van der Waals surface area contributed by atoms with Crippen molar-refractivity contribution in [1.82, 2.24) is 10.2 Å². The zero-order valence-corrected chi connectivity index (χ0v) is 7.58. The van der Waals surface area contributed by atoms with Gasteiger partial charge < -0.3 is 10.2 Å². The van der Waals surface area contributed by atoms with Gasteiger partial charge in [-0.15, -0.1) is 0 Å². The molecule has 2 aliphatic rings. The number of likely N-dealkylation sites (tertiary alicyclic amines) is 1. The maximum Gasteiger partial charge on any atom is 0.242 e. The Balaban J connectivity index is 2.05. The summed E-state index contributed by atoms with van der Waals surface area (Å²) in [5.41, 5.74) is 0. The molecule has 0 bridgehead atoms. The van der Waals surface area contributed by atoms with Gasteiger partial charge in [-0.3, -0.25) is 9.59 Å². The highest BCUT2D eigenvalue weighted by Gasteiger charge is 2.33. The lowest BCUT2D eigenvalue weighted by Crippen LogP contribution is -2.46. The second kappa shape index (κ2) is 3.36. The molecule has 2 amide bonds. The summed E-state index contributed by atoms with van der Waals surface area (Å²) in [6.07, 6.45) is 3.41. The number of carbonyl (C=O) groups is 2. The Hall–Kier alpha value is -1.06. The molecule has 13 heavy (non-hydrogen) atoms. The fraction of sp³-hybridized carbons (Fsp3) is 0.778. The normalized spacial score (nSPS) is 29.2. The molecule has 0 aromatic rings. The third-order valence-corrected chi connectivity index (χ3v) is 2.76. The van der Waals surface area contributed by atoms with Gasteiger partial charge in [0.25, 0.3) is 0 Å². The van der Waals surface area contributed by atoms with Crippen LogP contribution in [0.5, 0.6) is 0 Å². The molecule has 0 aromatic carbocycles. The maximum atomic E-state index is 11.5. The number of hydrogen-bond acceptors (Lipinski definition) is 2. The molecule has 2 fully saturated rings. The van der Waals surface area contributed by atoms with E-state index in [-0.39, 0.29) is 17.9 Å². The van der Waals surface area contributed by atoms with E-state index in [1.165, 1.54) is 0 Å². The molecule has 1 N–H and O–H groups in total. The van der Waals surface area contributed by atoms with E-state index in [0.29, 0.717) is 13.0 Å². The van der Waals surface area contributed by atoms with Crippen LogP contribution in [-0.2, 0) is 9.59 Å². The molecule has 0 radical (unpaired) electrons. The Bertz CT molecular complexity index is 240.